The zero-order valence-corrected chi connectivity index (χ0v) is 12.8. The van der Waals surface area contributed by atoms with Crippen molar-refractivity contribution in [3.63, 3.8) is 0 Å². The van der Waals surface area contributed by atoms with E-state index in [0.717, 1.165) is 40.0 Å². The molecule has 1 aliphatic rings. The molecule has 23 heavy (non-hydrogen) atoms. The predicted octanol–water partition coefficient (Wildman–Crippen LogP) is 2.99. The Hall–Kier alpha value is -2.59. The fourth-order valence-electron chi connectivity index (χ4n) is 2.86. The van der Waals surface area contributed by atoms with Gasteiger partial charge in [-0.1, -0.05) is 36.4 Å². The highest BCUT2D eigenvalue weighted by Gasteiger charge is 2.19. The van der Waals surface area contributed by atoms with E-state index < -0.39 is 5.97 Å². The number of rotatable bonds is 4. The Balaban J connectivity index is 2.14. The Morgan fingerprint density at radius 3 is 2.83 bits per heavy atom. The molecule has 0 spiro atoms. The molecular weight excluding hydrogens is 290 g/mol. The van der Waals surface area contributed by atoms with Crippen LogP contribution in [0.3, 0.4) is 0 Å². The van der Waals surface area contributed by atoms with Crippen LogP contribution in [-0.4, -0.2) is 17.6 Å². The monoisotopic (exact) mass is 309 g/mol. The third-order valence-corrected chi connectivity index (χ3v) is 3.90. The number of nitrogens with two attached hydrogens (primary N) is 1. The van der Waals surface area contributed by atoms with Crippen LogP contribution in [0.25, 0.3) is 5.57 Å². The molecule has 3 rings (SSSR count). The van der Waals surface area contributed by atoms with Gasteiger partial charge in [0.1, 0.15) is 12.4 Å². The second-order valence-corrected chi connectivity index (χ2v) is 5.54. The number of hydrogen-bond acceptors (Lipinski definition) is 3. The number of carboxylic acids is 1. The maximum Gasteiger partial charge on any atom is 0.307 e. The van der Waals surface area contributed by atoms with E-state index in [1.165, 1.54) is 0 Å². The minimum Gasteiger partial charge on any atom is -0.488 e. The Bertz CT molecular complexity index is 765. The first-order valence-corrected chi connectivity index (χ1v) is 7.65. The van der Waals surface area contributed by atoms with Gasteiger partial charge in [0, 0.05) is 5.56 Å². The van der Waals surface area contributed by atoms with Gasteiger partial charge >= 0.3 is 5.97 Å². The smallest absolute Gasteiger partial charge is 0.307 e. The van der Waals surface area contributed by atoms with Crippen molar-refractivity contribution in [1.29, 1.82) is 0 Å². The standard InChI is InChI=1S/C19H19NO3/c20-9-3-6-16-15-5-2-1-4-14(15)12-23-18-8-7-13(10-17(16)18)11-19(21)22/h1-2,4-8,10H,3,9,11-12,20H2,(H,21,22)/b16-6-. The van der Waals surface area contributed by atoms with Crippen LogP contribution in [0.1, 0.15) is 28.7 Å². The molecule has 4 nitrogen and oxygen atoms in total. The molecule has 0 bridgehead atoms. The first-order valence-electron chi connectivity index (χ1n) is 7.65. The van der Waals surface area contributed by atoms with Crippen LogP contribution in [-0.2, 0) is 17.8 Å². The zero-order chi connectivity index (χ0) is 16.2. The van der Waals surface area contributed by atoms with Gasteiger partial charge in [0.25, 0.3) is 0 Å². The summed E-state index contributed by atoms with van der Waals surface area (Å²) in [5, 5.41) is 9.03. The van der Waals surface area contributed by atoms with E-state index in [9.17, 15) is 4.79 Å². The van der Waals surface area contributed by atoms with Crippen molar-refractivity contribution in [2.75, 3.05) is 6.54 Å². The average Bonchev–Trinajstić information content (AvgIpc) is 2.69. The number of aliphatic carboxylic acids is 1. The molecule has 4 heteroatoms. The summed E-state index contributed by atoms with van der Waals surface area (Å²) in [6.07, 6.45) is 2.86. The minimum absolute atomic E-state index is 0.000897. The lowest BCUT2D eigenvalue weighted by molar-refractivity contribution is -0.136. The van der Waals surface area contributed by atoms with E-state index in [1.807, 2.05) is 30.3 Å². The number of hydrogen-bond donors (Lipinski definition) is 2. The van der Waals surface area contributed by atoms with Crippen LogP contribution < -0.4 is 10.5 Å². The van der Waals surface area contributed by atoms with Crippen molar-refractivity contribution in [3.8, 4) is 5.75 Å². The van der Waals surface area contributed by atoms with Crippen LogP contribution in [0, 0.1) is 0 Å². The van der Waals surface area contributed by atoms with E-state index in [4.69, 9.17) is 15.6 Å². The Kier molecular flexibility index (Phi) is 4.44. The first kappa shape index (κ1) is 15.3. The molecule has 1 aliphatic heterocycles. The summed E-state index contributed by atoms with van der Waals surface area (Å²) in [5.74, 6) is -0.0639. The second kappa shape index (κ2) is 6.67. The van der Waals surface area contributed by atoms with Crippen molar-refractivity contribution in [2.24, 2.45) is 5.73 Å². The van der Waals surface area contributed by atoms with Crippen molar-refractivity contribution in [1.82, 2.24) is 0 Å². The first-order chi connectivity index (χ1) is 11.2. The van der Waals surface area contributed by atoms with Crippen molar-refractivity contribution in [3.05, 3.63) is 70.8 Å². The van der Waals surface area contributed by atoms with E-state index in [2.05, 4.69) is 18.2 Å². The number of benzene rings is 2. The SMILES string of the molecule is NCC/C=C1/c2ccccc2COc2ccc(CC(=O)O)cc21. The molecule has 3 N–H and O–H groups in total. The maximum atomic E-state index is 11.0. The quantitative estimate of drug-likeness (QED) is 0.910. The van der Waals surface area contributed by atoms with Gasteiger partial charge in [-0.2, -0.15) is 0 Å². The summed E-state index contributed by atoms with van der Waals surface area (Å²) in [5.41, 5.74) is 10.7. The van der Waals surface area contributed by atoms with Gasteiger partial charge in [-0.15, -0.1) is 0 Å². The molecule has 0 fully saturated rings. The number of ether oxygens (including phenoxy) is 1. The predicted molar refractivity (Wildman–Crippen MR) is 89.3 cm³/mol. The Morgan fingerprint density at radius 1 is 1.22 bits per heavy atom. The molecule has 0 saturated heterocycles. The summed E-state index contributed by atoms with van der Waals surface area (Å²) < 4.78 is 5.93. The van der Waals surface area contributed by atoms with E-state index in [1.54, 1.807) is 0 Å². The fraction of sp³-hybridized carbons (Fsp3) is 0.211. The van der Waals surface area contributed by atoms with Crippen molar-refractivity contribution >= 4 is 11.5 Å². The van der Waals surface area contributed by atoms with Gasteiger partial charge in [-0.25, -0.2) is 0 Å². The van der Waals surface area contributed by atoms with Gasteiger partial charge in [0.15, 0.2) is 0 Å². The van der Waals surface area contributed by atoms with Crippen LogP contribution in [0.15, 0.2) is 48.5 Å². The third-order valence-electron chi connectivity index (χ3n) is 3.90. The van der Waals surface area contributed by atoms with E-state index in [-0.39, 0.29) is 6.42 Å². The van der Waals surface area contributed by atoms with Gasteiger partial charge in [0.05, 0.1) is 6.42 Å². The van der Waals surface area contributed by atoms with E-state index in [0.29, 0.717) is 13.2 Å². The highest BCUT2D eigenvalue weighted by atomic mass is 16.5. The van der Waals surface area contributed by atoms with Gasteiger partial charge in [-0.3, -0.25) is 4.79 Å². The summed E-state index contributed by atoms with van der Waals surface area (Å²) in [7, 11) is 0. The summed E-state index contributed by atoms with van der Waals surface area (Å²) >= 11 is 0. The van der Waals surface area contributed by atoms with Gasteiger partial charge in [-0.05, 0) is 47.4 Å². The van der Waals surface area contributed by atoms with Crippen molar-refractivity contribution < 1.29 is 14.6 Å². The Labute approximate surface area is 135 Å². The molecule has 0 radical (unpaired) electrons. The molecule has 0 aliphatic carbocycles. The molecular formula is C19H19NO3. The largest absolute Gasteiger partial charge is 0.488 e. The molecule has 2 aromatic rings. The van der Waals surface area contributed by atoms with Crippen molar-refractivity contribution in [2.45, 2.75) is 19.4 Å². The molecule has 0 saturated carbocycles. The van der Waals surface area contributed by atoms with Crippen LogP contribution in [0.2, 0.25) is 0 Å². The average molecular weight is 309 g/mol. The molecule has 0 unspecified atom stereocenters. The van der Waals surface area contributed by atoms with Gasteiger partial charge in [0.2, 0.25) is 0 Å². The van der Waals surface area contributed by atoms with Crippen LogP contribution >= 0.6 is 0 Å². The lowest BCUT2D eigenvalue weighted by Crippen LogP contribution is -2.02. The summed E-state index contributed by atoms with van der Waals surface area (Å²) in [6.45, 7) is 1.07. The molecule has 1 heterocycles. The summed E-state index contributed by atoms with van der Waals surface area (Å²) in [6, 6.07) is 13.7. The normalized spacial score (nSPS) is 14.6. The number of carboxylic acid groups (broad SMARTS) is 1. The summed E-state index contributed by atoms with van der Waals surface area (Å²) in [4.78, 5) is 11.0. The maximum absolute atomic E-state index is 11.0. The highest BCUT2D eigenvalue weighted by Crippen LogP contribution is 2.37. The molecule has 0 aromatic heterocycles. The highest BCUT2D eigenvalue weighted by molar-refractivity contribution is 5.85. The molecule has 0 amide bonds. The molecule has 2 aromatic carbocycles. The van der Waals surface area contributed by atoms with Gasteiger partial charge < -0.3 is 15.6 Å². The topological polar surface area (TPSA) is 72.5 Å². The Morgan fingerprint density at radius 2 is 2.04 bits per heavy atom. The number of fused-ring (bicyclic) bond motifs is 2. The second-order valence-electron chi connectivity index (χ2n) is 5.54. The third kappa shape index (κ3) is 3.27. The lowest BCUT2D eigenvalue weighted by Gasteiger charge is -2.12. The zero-order valence-electron chi connectivity index (χ0n) is 12.8. The molecule has 0 atom stereocenters. The van der Waals surface area contributed by atoms with E-state index >= 15 is 0 Å². The lowest BCUT2D eigenvalue weighted by atomic mass is 9.92. The minimum atomic E-state index is -0.840. The van der Waals surface area contributed by atoms with Crippen LogP contribution in [0.4, 0.5) is 0 Å². The number of carbonyl (C=O) groups is 1. The van der Waals surface area contributed by atoms with Crippen LogP contribution in [0.5, 0.6) is 5.75 Å². The molecule has 118 valence electrons. The fourth-order valence-corrected chi connectivity index (χ4v) is 2.86.